The highest BCUT2D eigenvalue weighted by Gasteiger charge is 2.25. The molecule has 2 aromatic rings. The van der Waals surface area contributed by atoms with Crippen LogP contribution >= 0.6 is 11.3 Å². The topological polar surface area (TPSA) is 55.2 Å². The number of carbonyl (C=O) groups is 1. The molecule has 1 aliphatic rings. The highest BCUT2D eigenvalue weighted by atomic mass is 32.1. The standard InChI is InChI=1S/C17H23N3O2S/c1-4-6-9-19(5-2)17(22)14-11(3)13-15(23-14)18-12-8-7-10-20(12)16(13)21/h4-10H2,1-3H3. The Morgan fingerprint density at radius 2 is 2.17 bits per heavy atom. The third-order valence-electron chi connectivity index (χ3n) is 4.56. The Morgan fingerprint density at radius 1 is 1.39 bits per heavy atom. The van der Waals surface area contributed by atoms with E-state index < -0.39 is 0 Å². The third kappa shape index (κ3) is 2.69. The zero-order valence-electron chi connectivity index (χ0n) is 14.0. The van der Waals surface area contributed by atoms with E-state index in [1.54, 1.807) is 4.57 Å². The third-order valence-corrected chi connectivity index (χ3v) is 5.73. The number of rotatable bonds is 5. The first-order chi connectivity index (χ1) is 11.1. The van der Waals surface area contributed by atoms with E-state index in [9.17, 15) is 9.59 Å². The number of thiophene rings is 1. The summed E-state index contributed by atoms with van der Waals surface area (Å²) in [4.78, 5) is 33.4. The molecule has 0 atom stereocenters. The van der Waals surface area contributed by atoms with Gasteiger partial charge in [-0.25, -0.2) is 4.98 Å². The van der Waals surface area contributed by atoms with Crippen molar-refractivity contribution >= 4 is 27.5 Å². The monoisotopic (exact) mass is 333 g/mol. The number of carbonyl (C=O) groups excluding carboxylic acids is 1. The molecule has 3 rings (SSSR count). The van der Waals surface area contributed by atoms with Gasteiger partial charge in [0.05, 0.1) is 10.3 Å². The summed E-state index contributed by atoms with van der Waals surface area (Å²) in [5.74, 6) is 0.895. The number of hydrogen-bond donors (Lipinski definition) is 0. The molecule has 0 aromatic carbocycles. The quantitative estimate of drug-likeness (QED) is 0.845. The molecular formula is C17H23N3O2S. The van der Waals surface area contributed by atoms with Crippen molar-refractivity contribution in [2.24, 2.45) is 0 Å². The van der Waals surface area contributed by atoms with Crippen molar-refractivity contribution in [2.45, 2.75) is 53.0 Å². The summed E-state index contributed by atoms with van der Waals surface area (Å²) in [6.07, 6.45) is 3.89. The molecule has 0 radical (unpaired) electrons. The molecule has 2 aromatic heterocycles. The van der Waals surface area contributed by atoms with Gasteiger partial charge in [0.2, 0.25) is 0 Å². The van der Waals surface area contributed by atoms with Crippen molar-refractivity contribution in [1.29, 1.82) is 0 Å². The van der Waals surface area contributed by atoms with Gasteiger partial charge in [-0.05, 0) is 32.3 Å². The van der Waals surface area contributed by atoms with E-state index in [0.717, 1.165) is 55.0 Å². The summed E-state index contributed by atoms with van der Waals surface area (Å²) < 4.78 is 1.77. The maximum atomic E-state index is 12.8. The van der Waals surface area contributed by atoms with Gasteiger partial charge >= 0.3 is 0 Å². The molecule has 0 unspecified atom stereocenters. The second-order valence-electron chi connectivity index (χ2n) is 6.06. The van der Waals surface area contributed by atoms with E-state index in [0.29, 0.717) is 16.8 Å². The van der Waals surface area contributed by atoms with E-state index in [4.69, 9.17) is 0 Å². The maximum absolute atomic E-state index is 12.8. The average molecular weight is 333 g/mol. The number of hydrogen-bond acceptors (Lipinski definition) is 4. The van der Waals surface area contributed by atoms with E-state index in [1.165, 1.54) is 11.3 Å². The predicted octanol–water partition coefficient (Wildman–Crippen LogP) is 2.97. The Hall–Kier alpha value is -1.69. The van der Waals surface area contributed by atoms with E-state index in [1.807, 2.05) is 18.7 Å². The van der Waals surface area contributed by atoms with E-state index in [-0.39, 0.29) is 11.5 Å². The molecule has 3 heterocycles. The van der Waals surface area contributed by atoms with Gasteiger partial charge in [0, 0.05) is 26.1 Å². The van der Waals surface area contributed by atoms with Crippen LogP contribution in [0.5, 0.6) is 0 Å². The smallest absolute Gasteiger partial charge is 0.264 e. The Kier molecular flexibility index (Phi) is 4.53. The Balaban J connectivity index is 2.06. The van der Waals surface area contributed by atoms with Crippen LogP contribution in [0, 0.1) is 6.92 Å². The van der Waals surface area contributed by atoms with Crippen LogP contribution in [-0.4, -0.2) is 33.4 Å². The number of fused-ring (bicyclic) bond motifs is 2. The first-order valence-corrected chi connectivity index (χ1v) is 9.22. The van der Waals surface area contributed by atoms with Crippen molar-refractivity contribution in [3.05, 3.63) is 26.6 Å². The minimum absolute atomic E-state index is 0.0203. The zero-order chi connectivity index (χ0) is 16.6. The molecule has 6 heteroatoms. The molecule has 0 fully saturated rings. The fourth-order valence-electron chi connectivity index (χ4n) is 3.18. The van der Waals surface area contributed by atoms with Gasteiger partial charge in [0.15, 0.2) is 0 Å². The summed E-state index contributed by atoms with van der Waals surface area (Å²) in [7, 11) is 0. The molecule has 1 aliphatic heterocycles. The summed E-state index contributed by atoms with van der Waals surface area (Å²) in [5, 5.41) is 0.635. The van der Waals surface area contributed by atoms with Crippen LogP contribution in [-0.2, 0) is 13.0 Å². The highest BCUT2D eigenvalue weighted by molar-refractivity contribution is 7.20. The second-order valence-corrected chi connectivity index (χ2v) is 7.06. The number of amides is 1. The zero-order valence-corrected chi connectivity index (χ0v) is 14.8. The van der Waals surface area contributed by atoms with Crippen LogP contribution in [0.15, 0.2) is 4.79 Å². The minimum atomic E-state index is 0.0203. The Morgan fingerprint density at radius 3 is 2.87 bits per heavy atom. The molecular weight excluding hydrogens is 310 g/mol. The molecule has 0 N–H and O–H groups in total. The maximum Gasteiger partial charge on any atom is 0.264 e. The lowest BCUT2D eigenvalue weighted by Gasteiger charge is -2.20. The SMILES string of the molecule is CCCCN(CC)C(=O)c1sc2nc3n(c(=O)c2c1C)CCC3. The van der Waals surface area contributed by atoms with Gasteiger partial charge < -0.3 is 4.90 Å². The molecule has 23 heavy (non-hydrogen) atoms. The molecule has 0 bridgehead atoms. The molecule has 0 spiro atoms. The molecule has 1 amide bonds. The van der Waals surface area contributed by atoms with E-state index in [2.05, 4.69) is 11.9 Å². The van der Waals surface area contributed by atoms with Gasteiger partial charge in [0.1, 0.15) is 10.7 Å². The van der Waals surface area contributed by atoms with Crippen molar-refractivity contribution in [3.8, 4) is 0 Å². The van der Waals surface area contributed by atoms with Crippen molar-refractivity contribution < 1.29 is 4.79 Å². The molecule has 124 valence electrons. The fraction of sp³-hybridized carbons (Fsp3) is 0.588. The van der Waals surface area contributed by atoms with Crippen LogP contribution in [0.1, 0.15) is 54.2 Å². The van der Waals surface area contributed by atoms with Gasteiger partial charge in [0.25, 0.3) is 11.5 Å². The van der Waals surface area contributed by atoms with Gasteiger partial charge in [-0.1, -0.05) is 13.3 Å². The van der Waals surface area contributed by atoms with Crippen molar-refractivity contribution in [3.63, 3.8) is 0 Å². The highest BCUT2D eigenvalue weighted by Crippen LogP contribution is 2.29. The van der Waals surface area contributed by atoms with Crippen LogP contribution in [0.25, 0.3) is 10.2 Å². The molecule has 0 saturated heterocycles. The van der Waals surface area contributed by atoms with E-state index >= 15 is 0 Å². The van der Waals surface area contributed by atoms with Gasteiger partial charge in [-0.3, -0.25) is 14.2 Å². The Bertz CT molecular complexity index is 806. The lowest BCUT2D eigenvalue weighted by molar-refractivity contribution is 0.0766. The summed E-state index contributed by atoms with van der Waals surface area (Å²) >= 11 is 1.37. The number of unbranched alkanes of at least 4 members (excludes halogenated alkanes) is 1. The number of nitrogens with zero attached hydrogens (tertiary/aromatic N) is 3. The first kappa shape index (κ1) is 16.2. The summed E-state index contributed by atoms with van der Waals surface area (Å²) in [6, 6.07) is 0. The van der Waals surface area contributed by atoms with Crippen molar-refractivity contribution in [2.75, 3.05) is 13.1 Å². The predicted molar refractivity (Wildman–Crippen MR) is 93.4 cm³/mol. The van der Waals surface area contributed by atoms with Gasteiger partial charge in [-0.15, -0.1) is 11.3 Å². The van der Waals surface area contributed by atoms with Crippen LogP contribution in [0.4, 0.5) is 0 Å². The lowest BCUT2D eigenvalue weighted by atomic mass is 10.2. The van der Waals surface area contributed by atoms with Crippen molar-refractivity contribution in [1.82, 2.24) is 14.5 Å². The molecule has 0 saturated carbocycles. The molecule has 0 aliphatic carbocycles. The second kappa shape index (κ2) is 6.43. The minimum Gasteiger partial charge on any atom is -0.338 e. The summed E-state index contributed by atoms with van der Waals surface area (Å²) in [6.45, 7) is 8.20. The largest absolute Gasteiger partial charge is 0.338 e. The molecule has 5 nitrogen and oxygen atoms in total. The lowest BCUT2D eigenvalue weighted by Crippen LogP contribution is -2.31. The van der Waals surface area contributed by atoms with Crippen LogP contribution < -0.4 is 5.56 Å². The summed E-state index contributed by atoms with van der Waals surface area (Å²) in [5.41, 5.74) is 0.816. The number of aryl methyl sites for hydroxylation is 2. The van der Waals surface area contributed by atoms with Crippen LogP contribution in [0.3, 0.4) is 0 Å². The first-order valence-electron chi connectivity index (χ1n) is 8.40. The van der Waals surface area contributed by atoms with Gasteiger partial charge in [-0.2, -0.15) is 0 Å². The van der Waals surface area contributed by atoms with Crippen LogP contribution in [0.2, 0.25) is 0 Å². The fourth-order valence-corrected chi connectivity index (χ4v) is 4.33. The number of aromatic nitrogens is 2. The normalized spacial score (nSPS) is 13.5. The Labute approximate surface area is 139 Å². The average Bonchev–Trinajstić information content (AvgIpc) is 3.13.